The van der Waals surface area contributed by atoms with E-state index in [1.54, 1.807) is 6.33 Å². The molecule has 1 unspecified atom stereocenters. The molecule has 8 heteroatoms. The fourth-order valence-corrected chi connectivity index (χ4v) is 4.57. The molecule has 0 aliphatic carbocycles. The maximum atomic E-state index is 13.3. The van der Waals surface area contributed by atoms with Gasteiger partial charge in [0, 0.05) is 61.2 Å². The average Bonchev–Trinajstić information content (AvgIpc) is 3.36. The molecule has 1 aromatic heterocycles. The number of H-pyrrole nitrogens is 1. The molecular weight excluding hydrogens is 469 g/mol. The summed E-state index contributed by atoms with van der Waals surface area (Å²) >= 11 is 12.1. The number of nitrogens with zero attached hydrogens (tertiary/aromatic N) is 3. The predicted molar refractivity (Wildman–Crippen MR) is 137 cm³/mol. The molecule has 0 bridgehead atoms. The number of unbranched alkanes of at least 4 members (excludes halogenated alkanes) is 1. The number of piperazine rings is 1. The van der Waals surface area contributed by atoms with E-state index in [2.05, 4.69) is 37.2 Å². The van der Waals surface area contributed by atoms with Gasteiger partial charge in [-0.1, -0.05) is 47.5 Å². The summed E-state index contributed by atoms with van der Waals surface area (Å²) in [4.78, 5) is 25.1. The molecule has 0 spiro atoms. The summed E-state index contributed by atoms with van der Waals surface area (Å²) in [5.41, 5.74) is 3.49. The number of rotatable bonds is 10. The number of hydrogen-bond acceptors (Lipinski definition) is 4. The van der Waals surface area contributed by atoms with Crippen LogP contribution in [0.15, 0.2) is 61.1 Å². The monoisotopic (exact) mass is 499 g/mol. The van der Waals surface area contributed by atoms with E-state index >= 15 is 0 Å². The molecule has 6 nitrogen and oxygen atoms in total. The molecule has 1 saturated heterocycles. The Hall–Kier alpha value is -2.38. The molecule has 0 radical (unpaired) electrons. The lowest BCUT2D eigenvalue weighted by Gasteiger charge is -2.40. The van der Waals surface area contributed by atoms with Crippen molar-refractivity contribution in [2.45, 2.75) is 38.4 Å². The molecule has 1 amide bonds. The van der Waals surface area contributed by atoms with Crippen LogP contribution in [-0.2, 0) is 24.3 Å². The van der Waals surface area contributed by atoms with Crippen molar-refractivity contribution in [3.8, 4) is 0 Å². The number of hydrogen-bond donors (Lipinski definition) is 2. The molecule has 3 aromatic rings. The highest BCUT2D eigenvalue weighted by Crippen LogP contribution is 2.19. The molecule has 180 valence electrons. The minimum atomic E-state index is -0.204. The first-order valence-electron chi connectivity index (χ1n) is 11.8. The number of carbonyl (C=O) groups is 1. The van der Waals surface area contributed by atoms with Gasteiger partial charge in [-0.3, -0.25) is 14.6 Å². The number of aryl methyl sites for hydroxylation is 1. The Morgan fingerprint density at radius 3 is 2.29 bits per heavy atom. The van der Waals surface area contributed by atoms with Crippen molar-refractivity contribution >= 4 is 29.1 Å². The zero-order valence-electron chi connectivity index (χ0n) is 19.2. The van der Waals surface area contributed by atoms with E-state index in [0.717, 1.165) is 66.7 Å². The van der Waals surface area contributed by atoms with E-state index in [1.165, 1.54) is 5.56 Å². The van der Waals surface area contributed by atoms with Crippen molar-refractivity contribution in [2.75, 3.05) is 26.2 Å². The lowest BCUT2D eigenvalue weighted by molar-refractivity contribution is -0.129. The number of benzene rings is 2. The van der Waals surface area contributed by atoms with Crippen molar-refractivity contribution in [3.63, 3.8) is 0 Å². The maximum absolute atomic E-state index is 13.3. The Morgan fingerprint density at radius 2 is 1.65 bits per heavy atom. The third kappa shape index (κ3) is 7.31. The van der Waals surface area contributed by atoms with Gasteiger partial charge in [0.25, 0.3) is 0 Å². The molecule has 1 atom stereocenters. The van der Waals surface area contributed by atoms with Gasteiger partial charge in [-0.25, -0.2) is 4.98 Å². The topological polar surface area (TPSA) is 64.3 Å². The average molecular weight is 500 g/mol. The van der Waals surface area contributed by atoms with E-state index in [4.69, 9.17) is 23.2 Å². The largest absolute Gasteiger partial charge is 0.355 e. The van der Waals surface area contributed by atoms with Gasteiger partial charge in [-0.15, -0.1) is 0 Å². The molecule has 0 saturated carbocycles. The molecule has 2 N–H and O–H groups in total. The highest BCUT2D eigenvalue weighted by atomic mass is 35.5. The number of nitrogens with one attached hydrogen (secondary N) is 2. The smallest absolute Gasteiger partial charge is 0.238 e. The Balaban J connectivity index is 1.35. The van der Waals surface area contributed by atoms with Crippen LogP contribution in [0.3, 0.4) is 0 Å². The van der Waals surface area contributed by atoms with Crippen molar-refractivity contribution in [2.24, 2.45) is 0 Å². The van der Waals surface area contributed by atoms with Crippen LogP contribution in [0.4, 0.5) is 0 Å². The first-order valence-corrected chi connectivity index (χ1v) is 12.5. The maximum Gasteiger partial charge on any atom is 0.238 e. The number of aromatic nitrogens is 2. The van der Waals surface area contributed by atoms with Crippen LogP contribution in [0.1, 0.15) is 29.7 Å². The molecule has 1 aliphatic heterocycles. The predicted octanol–water partition coefficient (Wildman–Crippen LogP) is 4.54. The van der Waals surface area contributed by atoms with Crippen molar-refractivity contribution in [1.29, 1.82) is 0 Å². The van der Waals surface area contributed by atoms with Gasteiger partial charge in [-0.2, -0.15) is 0 Å². The summed E-state index contributed by atoms with van der Waals surface area (Å²) in [6.45, 7) is 4.63. The summed E-state index contributed by atoms with van der Waals surface area (Å²) < 4.78 is 0. The fourth-order valence-electron chi connectivity index (χ4n) is 4.32. The second kappa shape index (κ2) is 12.4. The Morgan fingerprint density at radius 1 is 0.971 bits per heavy atom. The third-order valence-corrected chi connectivity index (χ3v) is 6.73. The Labute approximate surface area is 211 Å². The van der Waals surface area contributed by atoms with Gasteiger partial charge in [0.1, 0.15) is 6.04 Å². The quantitative estimate of drug-likeness (QED) is 0.402. The molecule has 1 fully saturated rings. The minimum absolute atomic E-state index is 0.0938. The third-order valence-electron chi connectivity index (χ3n) is 6.22. The zero-order chi connectivity index (χ0) is 23.8. The van der Waals surface area contributed by atoms with Crippen LogP contribution >= 0.6 is 23.2 Å². The zero-order valence-corrected chi connectivity index (χ0v) is 20.7. The number of carbonyl (C=O) groups excluding carboxylic acids is 1. The van der Waals surface area contributed by atoms with Crippen LogP contribution in [0, 0.1) is 0 Å². The van der Waals surface area contributed by atoms with Crippen LogP contribution in [-0.4, -0.2) is 57.9 Å². The van der Waals surface area contributed by atoms with Crippen LogP contribution in [0.2, 0.25) is 10.0 Å². The van der Waals surface area contributed by atoms with Crippen LogP contribution in [0.25, 0.3) is 0 Å². The first kappa shape index (κ1) is 24.7. The van der Waals surface area contributed by atoms with Crippen LogP contribution in [0.5, 0.6) is 0 Å². The van der Waals surface area contributed by atoms with E-state index in [9.17, 15) is 4.79 Å². The van der Waals surface area contributed by atoms with E-state index in [0.29, 0.717) is 13.1 Å². The minimum Gasteiger partial charge on any atom is -0.355 e. The molecule has 1 aliphatic rings. The van der Waals surface area contributed by atoms with Gasteiger partial charge in [0.15, 0.2) is 0 Å². The highest BCUT2D eigenvalue weighted by Gasteiger charge is 2.32. The van der Waals surface area contributed by atoms with E-state index in [-0.39, 0.29) is 11.9 Å². The van der Waals surface area contributed by atoms with Gasteiger partial charge in [0.2, 0.25) is 5.91 Å². The normalized spacial score (nSPS) is 17.1. The number of aromatic amines is 1. The standard InChI is InChI=1S/C26H31Cl2N5O/c27-22-8-4-20(5-9-22)16-32-13-14-33(17-21-6-10-23(28)11-7-21)25(18-32)26(34)30-12-2-1-3-24-15-29-19-31-24/h4-11,15,19,25H,1-3,12-14,16-18H2,(H,29,31)(H,30,34). The van der Waals surface area contributed by atoms with Gasteiger partial charge >= 0.3 is 0 Å². The summed E-state index contributed by atoms with van der Waals surface area (Å²) in [6.07, 6.45) is 6.43. The van der Waals surface area contributed by atoms with E-state index in [1.807, 2.05) is 42.6 Å². The summed E-state index contributed by atoms with van der Waals surface area (Å²) in [7, 11) is 0. The molecule has 2 heterocycles. The molecule has 34 heavy (non-hydrogen) atoms. The lowest BCUT2D eigenvalue weighted by Crippen LogP contribution is -2.58. The van der Waals surface area contributed by atoms with Gasteiger partial charge in [-0.05, 0) is 54.7 Å². The first-order chi connectivity index (χ1) is 16.6. The number of amides is 1. The van der Waals surface area contributed by atoms with Gasteiger partial charge < -0.3 is 10.3 Å². The van der Waals surface area contributed by atoms with E-state index < -0.39 is 0 Å². The van der Waals surface area contributed by atoms with Crippen molar-refractivity contribution in [1.82, 2.24) is 25.1 Å². The highest BCUT2D eigenvalue weighted by molar-refractivity contribution is 6.30. The Kier molecular flexibility index (Phi) is 8.99. The SMILES string of the molecule is O=C(NCCCCc1cnc[nH]1)C1CN(Cc2ccc(Cl)cc2)CCN1Cc1ccc(Cl)cc1. The molecule has 4 rings (SSSR count). The second-order valence-corrected chi connectivity index (χ2v) is 9.67. The summed E-state index contributed by atoms with van der Waals surface area (Å²) in [5.74, 6) is 0.0938. The second-order valence-electron chi connectivity index (χ2n) is 8.80. The molecule has 2 aromatic carbocycles. The fraction of sp³-hybridized carbons (Fsp3) is 0.385. The molecular formula is C26H31Cl2N5O. The summed E-state index contributed by atoms with van der Waals surface area (Å²) in [5, 5.41) is 4.64. The van der Waals surface area contributed by atoms with Crippen LogP contribution < -0.4 is 5.32 Å². The van der Waals surface area contributed by atoms with Crippen molar-refractivity contribution < 1.29 is 4.79 Å². The summed E-state index contributed by atoms with van der Waals surface area (Å²) in [6, 6.07) is 15.6. The lowest BCUT2D eigenvalue weighted by atomic mass is 10.1. The number of imidazole rings is 1. The number of halogens is 2. The van der Waals surface area contributed by atoms with Gasteiger partial charge in [0.05, 0.1) is 6.33 Å². The van der Waals surface area contributed by atoms with Crippen molar-refractivity contribution in [3.05, 3.63) is 87.9 Å². The Bertz CT molecular complexity index is 1020.